The van der Waals surface area contributed by atoms with Gasteiger partial charge in [0.2, 0.25) is 5.56 Å². The van der Waals surface area contributed by atoms with E-state index in [1.807, 2.05) is 41.1 Å². The minimum atomic E-state index is -0.116. The second-order valence-electron chi connectivity index (χ2n) is 7.28. The molecule has 0 saturated carbocycles. The molecule has 166 valence electrons. The number of methoxy groups -OCH3 is 2. The zero-order valence-electron chi connectivity index (χ0n) is 18.1. The summed E-state index contributed by atoms with van der Waals surface area (Å²) in [5, 5.41) is 13.0. The first kappa shape index (κ1) is 21.4. The monoisotopic (exact) mass is 435 g/mol. The smallest absolute Gasteiger partial charge is 0.248 e. The van der Waals surface area contributed by atoms with Gasteiger partial charge in [0.1, 0.15) is 5.75 Å². The van der Waals surface area contributed by atoms with Gasteiger partial charge in [-0.15, -0.1) is 5.10 Å². The van der Waals surface area contributed by atoms with E-state index in [1.165, 1.54) is 6.07 Å². The summed E-state index contributed by atoms with van der Waals surface area (Å²) in [5.74, 6) is 3.00. The maximum absolute atomic E-state index is 11.4. The molecule has 0 aliphatic rings. The standard InChI is InChI=1S/C23H25N5O4/c1-30-20-9-5-16(14-21(20)31-2)11-12-28-22(25-26-27-28)4-3-13-32-18-7-8-19-17(15-18)6-10-23(29)24-19/h5-10,14-15H,3-4,11-13H2,1-2H3,(H,24,29). The number of hydrogen-bond acceptors (Lipinski definition) is 7. The van der Waals surface area contributed by atoms with Crippen molar-refractivity contribution in [3.8, 4) is 17.2 Å². The van der Waals surface area contributed by atoms with E-state index >= 15 is 0 Å². The van der Waals surface area contributed by atoms with Crippen LogP contribution in [0.1, 0.15) is 17.8 Å². The van der Waals surface area contributed by atoms with Crippen LogP contribution in [0.5, 0.6) is 17.2 Å². The lowest BCUT2D eigenvalue weighted by molar-refractivity contribution is 0.309. The van der Waals surface area contributed by atoms with Gasteiger partial charge in [-0.3, -0.25) is 4.79 Å². The predicted molar refractivity (Wildman–Crippen MR) is 119 cm³/mol. The number of ether oxygens (including phenoxy) is 3. The third-order valence-electron chi connectivity index (χ3n) is 5.17. The Morgan fingerprint density at radius 1 is 0.969 bits per heavy atom. The van der Waals surface area contributed by atoms with Crippen LogP contribution < -0.4 is 19.8 Å². The second-order valence-corrected chi connectivity index (χ2v) is 7.28. The van der Waals surface area contributed by atoms with Gasteiger partial charge in [-0.1, -0.05) is 6.07 Å². The number of rotatable bonds is 10. The van der Waals surface area contributed by atoms with Crippen LogP contribution in [0.2, 0.25) is 0 Å². The maximum atomic E-state index is 11.4. The van der Waals surface area contributed by atoms with Gasteiger partial charge in [0.15, 0.2) is 17.3 Å². The summed E-state index contributed by atoms with van der Waals surface area (Å²) >= 11 is 0. The number of benzene rings is 2. The molecular formula is C23H25N5O4. The van der Waals surface area contributed by atoms with Crippen LogP contribution >= 0.6 is 0 Å². The van der Waals surface area contributed by atoms with Crippen molar-refractivity contribution in [3.63, 3.8) is 0 Å². The highest BCUT2D eigenvalue weighted by Crippen LogP contribution is 2.27. The van der Waals surface area contributed by atoms with Crippen molar-refractivity contribution < 1.29 is 14.2 Å². The quantitative estimate of drug-likeness (QED) is 0.382. The van der Waals surface area contributed by atoms with Gasteiger partial charge in [-0.05, 0) is 65.2 Å². The van der Waals surface area contributed by atoms with Crippen LogP contribution in [0.25, 0.3) is 10.9 Å². The van der Waals surface area contributed by atoms with Crippen molar-refractivity contribution in [2.24, 2.45) is 0 Å². The zero-order valence-corrected chi connectivity index (χ0v) is 18.1. The highest BCUT2D eigenvalue weighted by Gasteiger charge is 2.09. The highest BCUT2D eigenvalue weighted by molar-refractivity contribution is 5.79. The number of H-pyrrole nitrogens is 1. The van der Waals surface area contributed by atoms with E-state index in [0.717, 1.165) is 40.9 Å². The molecule has 2 heterocycles. The van der Waals surface area contributed by atoms with Gasteiger partial charge in [0.05, 0.1) is 20.8 Å². The van der Waals surface area contributed by atoms with Crippen LogP contribution in [-0.2, 0) is 19.4 Å². The Morgan fingerprint density at radius 2 is 1.84 bits per heavy atom. The molecule has 0 fully saturated rings. The number of tetrazole rings is 1. The van der Waals surface area contributed by atoms with Crippen molar-refractivity contribution >= 4 is 10.9 Å². The van der Waals surface area contributed by atoms with Crippen LogP contribution in [-0.4, -0.2) is 46.0 Å². The molecule has 4 rings (SSSR count). The fraction of sp³-hybridized carbons (Fsp3) is 0.304. The first-order valence-corrected chi connectivity index (χ1v) is 10.4. The molecular weight excluding hydrogens is 410 g/mol. The zero-order chi connectivity index (χ0) is 22.3. The molecule has 2 aromatic heterocycles. The van der Waals surface area contributed by atoms with Crippen molar-refractivity contribution in [3.05, 3.63) is 70.3 Å². The Kier molecular flexibility index (Phi) is 6.64. The van der Waals surface area contributed by atoms with Crippen LogP contribution in [0.4, 0.5) is 0 Å². The summed E-state index contributed by atoms with van der Waals surface area (Å²) in [5.41, 5.74) is 1.79. The van der Waals surface area contributed by atoms with Crippen LogP contribution in [0.15, 0.2) is 53.3 Å². The third kappa shape index (κ3) is 5.05. The van der Waals surface area contributed by atoms with E-state index in [0.29, 0.717) is 31.1 Å². The normalized spacial score (nSPS) is 10.9. The average Bonchev–Trinajstić information content (AvgIpc) is 3.27. The molecule has 0 spiro atoms. The molecule has 32 heavy (non-hydrogen) atoms. The van der Waals surface area contributed by atoms with Gasteiger partial charge in [-0.25, -0.2) is 4.68 Å². The summed E-state index contributed by atoms with van der Waals surface area (Å²) < 4.78 is 18.3. The topological polar surface area (TPSA) is 104 Å². The van der Waals surface area contributed by atoms with E-state index in [1.54, 1.807) is 20.3 Å². The molecule has 0 atom stereocenters. The molecule has 0 unspecified atom stereocenters. The fourth-order valence-electron chi connectivity index (χ4n) is 3.49. The molecule has 9 heteroatoms. The van der Waals surface area contributed by atoms with Gasteiger partial charge in [-0.2, -0.15) is 0 Å². The van der Waals surface area contributed by atoms with Gasteiger partial charge in [0.25, 0.3) is 0 Å². The van der Waals surface area contributed by atoms with E-state index in [4.69, 9.17) is 14.2 Å². The summed E-state index contributed by atoms with van der Waals surface area (Å²) in [6, 6.07) is 14.8. The predicted octanol–water partition coefficient (Wildman–Crippen LogP) is 2.79. The number of hydrogen-bond donors (Lipinski definition) is 1. The number of aromatic amines is 1. The van der Waals surface area contributed by atoms with Gasteiger partial charge >= 0.3 is 0 Å². The fourth-order valence-corrected chi connectivity index (χ4v) is 3.49. The van der Waals surface area contributed by atoms with E-state index in [-0.39, 0.29) is 5.56 Å². The van der Waals surface area contributed by atoms with Crippen molar-refractivity contribution in [2.45, 2.75) is 25.8 Å². The number of fused-ring (bicyclic) bond motifs is 1. The van der Waals surface area contributed by atoms with Crippen molar-refractivity contribution in [1.29, 1.82) is 0 Å². The number of aromatic nitrogens is 5. The van der Waals surface area contributed by atoms with Crippen LogP contribution in [0.3, 0.4) is 0 Å². The first-order chi connectivity index (χ1) is 15.7. The van der Waals surface area contributed by atoms with Gasteiger partial charge in [0, 0.05) is 29.9 Å². The Labute approximate surface area is 184 Å². The highest BCUT2D eigenvalue weighted by atomic mass is 16.5. The van der Waals surface area contributed by atoms with E-state index in [9.17, 15) is 4.79 Å². The van der Waals surface area contributed by atoms with Crippen LogP contribution in [0, 0.1) is 0 Å². The average molecular weight is 435 g/mol. The molecule has 0 aliphatic heterocycles. The molecule has 0 radical (unpaired) electrons. The Hall–Kier alpha value is -3.88. The number of nitrogens with zero attached hydrogens (tertiary/aromatic N) is 4. The third-order valence-corrected chi connectivity index (χ3v) is 5.17. The lowest BCUT2D eigenvalue weighted by Crippen LogP contribution is -2.10. The number of aryl methyl sites for hydroxylation is 3. The summed E-state index contributed by atoms with van der Waals surface area (Å²) in [6.07, 6.45) is 2.26. The SMILES string of the molecule is COc1ccc(CCn2nnnc2CCCOc2ccc3[nH]c(=O)ccc3c2)cc1OC. The lowest BCUT2D eigenvalue weighted by atomic mass is 10.1. The summed E-state index contributed by atoms with van der Waals surface area (Å²) in [6.45, 7) is 1.21. The minimum absolute atomic E-state index is 0.116. The van der Waals surface area contributed by atoms with Crippen molar-refractivity contribution in [1.82, 2.24) is 25.2 Å². The molecule has 1 N–H and O–H groups in total. The Morgan fingerprint density at radius 3 is 2.69 bits per heavy atom. The molecule has 0 bridgehead atoms. The molecule has 0 amide bonds. The molecule has 4 aromatic rings. The molecule has 0 aliphatic carbocycles. The largest absolute Gasteiger partial charge is 0.494 e. The number of pyridine rings is 1. The van der Waals surface area contributed by atoms with Crippen molar-refractivity contribution in [2.75, 3.05) is 20.8 Å². The van der Waals surface area contributed by atoms with E-state index < -0.39 is 0 Å². The molecule has 9 nitrogen and oxygen atoms in total. The van der Waals surface area contributed by atoms with E-state index in [2.05, 4.69) is 20.5 Å². The summed E-state index contributed by atoms with van der Waals surface area (Å²) in [4.78, 5) is 14.2. The molecule has 2 aromatic carbocycles. The first-order valence-electron chi connectivity index (χ1n) is 10.4. The molecule has 0 saturated heterocycles. The Bertz CT molecular complexity index is 1250. The second kappa shape index (κ2) is 9.95. The lowest BCUT2D eigenvalue weighted by Gasteiger charge is -2.10. The number of nitrogens with one attached hydrogen (secondary N) is 1. The summed E-state index contributed by atoms with van der Waals surface area (Å²) in [7, 11) is 3.25. The maximum Gasteiger partial charge on any atom is 0.248 e. The minimum Gasteiger partial charge on any atom is -0.494 e. The van der Waals surface area contributed by atoms with Gasteiger partial charge < -0.3 is 19.2 Å². The Balaban J connectivity index is 1.29.